The normalized spacial score (nSPS) is 10.5. The second-order valence-electron chi connectivity index (χ2n) is 6.64. The van der Waals surface area contributed by atoms with Crippen molar-refractivity contribution in [3.8, 4) is 0 Å². The number of hydrogen-bond donors (Lipinski definition) is 3. The molecule has 3 aromatic rings. The van der Waals surface area contributed by atoms with E-state index >= 15 is 0 Å². The fraction of sp³-hybridized carbons (Fsp3) is 0. The molecule has 0 saturated carbocycles. The summed E-state index contributed by atoms with van der Waals surface area (Å²) < 4.78 is 0. The number of nitro groups is 1. The number of carbonyl (C=O) groups is 2. The number of nitrogens with one attached hydrogen (secondary N) is 3. The smallest absolute Gasteiger partial charge is 0.270 e. The molecule has 33 heavy (non-hydrogen) atoms. The van der Waals surface area contributed by atoms with Gasteiger partial charge in [-0.15, -0.1) is 0 Å². The Labute approximate surface area is 199 Å². The van der Waals surface area contributed by atoms with Gasteiger partial charge in [0.2, 0.25) is 5.91 Å². The number of amides is 2. The largest absolute Gasteiger partial charge is 0.332 e. The van der Waals surface area contributed by atoms with Crippen molar-refractivity contribution in [2.75, 3.05) is 10.6 Å². The summed E-state index contributed by atoms with van der Waals surface area (Å²) in [5.74, 6) is -0.873. The van der Waals surface area contributed by atoms with Crippen LogP contribution in [0.5, 0.6) is 0 Å². The number of nitro benzene ring substituents is 1. The minimum atomic E-state index is -0.512. The van der Waals surface area contributed by atoms with E-state index in [9.17, 15) is 19.7 Å². The van der Waals surface area contributed by atoms with Gasteiger partial charge in [-0.05, 0) is 54.2 Å². The van der Waals surface area contributed by atoms with E-state index in [0.29, 0.717) is 27.5 Å². The van der Waals surface area contributed by atoms with Crippen LogP contribution in [0.25, 0.3) is 6.08 Å². The molecule has 0 saturated heterocycles. The van der Waals surface area contributed by atoms with Crippen molar-refractivity contribution >= 4 is 63.9 Å². The third kappa shape index (κ3) is 6.96. The fourth-order valence-electron chi connectivity index (χ4n) is 2.75. The van der Waals surface area contributed by atoms with E-state index in [0.717, 1.165) is 0 Å². The average Bonchev–Trinajstić information content (AvgIpc) is 2.78. The van der Waals surface area contributed by atoms with Crippen LogP contribution in [0, 0.1) is 10.1 Å². The van der Waals surface area contributed by atoms with E-state index in [2.05, 4.69) is 16.0 Å². The SMILES string of the molecule is O=C(C=Cc1cccc([N+](=O)[O-])c1)NC(=S)Nc1cccc(NC(=O)c2ccccc2Cl)c1. The van der Waals surface area contributed by atoms with Crippen LogP contribution in [0.1, 0.15) is 15.9 Å². The molecule has 0 spiro atoms. The molecule has 166 valence electrons. The number of anilines is 2. The molecular weight excluding hydrogens is 464 g/mol. The number of carbonyl (C=O) groups excluding carboxylic acids is 2. The number of non-ortho nitro benzene ring substituents is 1. The molecule has 0 radical (unpaired) electrons. The van der Waals surface area contributed by atoms with Gasteiger partial charge in [0.25, 0.3) is 11.6 Å². The summed E-state index contributed by atoms with van der Waals surface area (Å²) >= 11 is 11.2. The zero-order chi connectivity index (χ0) is 23.8. The van der Waals surface area contributed by atoms with E-state index in [1.165, 1.54) is 30.4 Å². The predicted octanol–water partition coefficient (Wildman–Crippen LogP) is 5.03. The highest BCUT2D eigenvalue weighted by molar-refractivity contribution is 7.80. The van der Waals surface area contributed by atoms with E-state index in [4.69, 9.17) is 23.8 Å². The van der Waals surface area contributed by atoms with Gasteiger partial charge in [0.1, 0.15) is 0 Å². The molecule has 3 aromatic carbocycles. The first-order valence-electron chi connectivity index (χ1n) is 9.52. The molecule has 2 amide bonds. The highest BCUT2D eigenvalue weighted by Gasteiger charge is 2.10. The summed E-state index contributed by atoms with van der Waals surface area (Å²) in [6, 6.07) is 19.3. The number of halogens is 1. The summed E-state index contributed by atoms with van der Waals surface area (Å²) in [7, 11) is 0. The van der Waals surface area contributed by atoms with Gasteiger partial charge in [-0.1, -0.05) is 41.9 Å². The molecule has 0 aliphatic heterocycles. The van der Waals surface area contributed by atoms with Gasteiger partial charge in [-0.2, -0.15) is 0 Å². The van der Waals surface area contributed by atoms with Crippen LogP contribution in [0.15, 0.2) is 78.9 Å². The molecule has 0 atom stereocenters. The molecule has 0 fully saturated rings. The molecule has 0 unspecified atom stereocenters. The lowest BCUT2D eigenvalue weighted by Gasteiger charge is -2.11. The van der Waals surface area contributed by atoms with Gasteiger partial charge in [0.15, 0.2) is 5.11 Å². The van der Waals surface area contributed by atoms with Crippen LogP contribution in [0.2, 0.25) is 5.02 Å². The molecule has 8 nitrogen and oxygen atoms in total. The Morgan fingerprint density at radius 1 is 0.939 bits per heavy atom. The quantitative estimate of drug-likeness (QED) is 0.197. The van der Waals surface area contributed by atoms with Gasteiger partial charge in [0.05, 0.1) is 15.5 Å². The predicted molar refractivity (Wildman–Crippen MR) is 132 cm³/mol. The molecule has 0 aliphatic carbocycles. The van der Waals surface area contributed by atoms with Gasteiger partial charge < -0.3 is 10.6 Å². The van der Waals surface area contributed by atoms with Crippen molar-refractivity contribution in [3.63, 3.8) is 0 Å². The van der Waals surface area contributed by atoms with Crippen molar-refractivity contribution in [1.82, 2.24) is 5.32 Å². The van der Waals surface area contributed by atoms with Crippen molar-refractivity contribution < 1.29 is 14.5 Å². The number of benzene rings is 3. The molecule has 3 rings (SSSR count). The first-order chi connectivity index (χ1) is 15.8. The molecule has 0 aliphatic rings. The van der Waals surface area contributed by atoms with E-state index in [1.54, 1.807) is 54.6 Å². The molecule has 10 heteroatoms. The number of nitrogens with zero attached hydrogens (tertiary/aromatic N) is 1. The third-order valence-electron chi connectivity index (χ3n) is 4.24. The van der Waals surface area contributed by atoms with E-state index in [-0.39, 0.29) is 16.7 Å². The maximum Gasteiger partial charge on any atom is 0.270 e. The second-order valence-corrected chi connectivity index (χ2v) is 7.46. The Balaban J connectivity index is 1.57. The Bertz CT molecular complexity index is 1260. The van der Waals surface area contributed by atoms with Crippen molar-refractivity contribution in [2.45, 2.75) is 0 Å². The maximum atomic E-state index is 12.4. The van der Waals surface area contributed by atoms with Crippen LogP contribution in [-0.2, 0) is 4.79 Å². The molecule has 0 heterocycles. The van der Waals surface area contributed by atoms with Crippen LogP contribution < -0.4 is 16.0 Å². The summed E-state index contributed by atoms with van der Waals surface area (Å²) in [6.45, 7) is 0. The minimum absolute atomic E-state index is 0.0401. The van der Waals surface area contributed by atoms with E-state index in [1.807, 2.05) is 0 Å². The van der Waals surface area contributed by atoms with Crippen LogP contribution >= 0.6 is 23.8 Å². The number of thiocarbonyl (C=S) groups is 1. The fourth-order valence-corrected chi connectivity index (χ4v) is 3.19. The monoisotopic (exact) mass is 480 g/mol. The summed E-state index contributed by atoms with van der Waals surface area (Å²) in [4.78, 5) is 34.8. The standard InChI is InChI=1S/C23H17ClN4O4S/c24-20-10-2-1-9-19(20)22(30)25-16-6-4-7-17(14-16)26-23(33)27-21(29)12-11-15-5-3-8-18(13-15)28(31)32/h1-14H,(H,25,30)(H2,26,27,29,33). The minimum Gasteiger partial charge on any atom is -0.332 e. The van der Waals surface area contributed by atoms with Crippen LogP contribution in [0.3, 0.4) is 0 Å². The lowest BCUT2D eigenvalue weighted by atomic mass is 10.2. The summed E-state index contributed by atoms with van der Waals surface area (Å²) in [5.41, 5.74) is 1.82. The topological polar surface area (TPSA) is 113 Å². The van der Waals surface area contributed by atoms with Gasteiger partial charge in [0, 0.05) is 29.6 Å². The third-order valence-corrected chi connectivity index (χ3v) is 4.78. The van der Waals surface area contributed by atoms with Crippen LogP contribution in [0.4, 0.5) is 17.1 Å². The molecule has 0 bridgehead atoms. The maximum absolute atomic E-state index is 12.4. The zero-order valence-corrected chi connectivity index (χ0v) is 18.5. The zero-order valence-electron chi connectivity index (χ0n) is 16.9. The number of hydrogen-bond acceptors (Lipinski definition) is 5. The van der Waals surface area contributed by atoms with E-state index < -0.39 is 10.8 Å². The first-order valence-corrected chi connectivity index (χ1v) is 10.3. The van der Waals surface area contributed by atoms with Crippen molar-refractivity contribution in [1.29, 1.82) is 0 Å². The highest BCUT2D eigenvalue weighted by atomic mass is 35.5. The molecular formula is C23H17ClN4O4S. The first kappa shape index (κ1) is 23.6. The Morgan fingerprint density at radius 3 is 2.36 bits per heavy atom. The second kappa shape index (κ2) is 11.0. The highest BCUT2D eigenvalue weighted by Crippen LogP contribution is 2.19. The lowest BCUT2D eigenvalue weighted by molar-refractivity contribution is -0.384. The van der Waals surface area contributed by atoms with Crippen molar-refractivity contribution in [2.24, 2.45) is 0 Å². The van der Waals surface area contributed by atoms with Gasteiger partial charge in [-0.3, -0.25) is 25.0 Å². The van der Waals surface area contributed by atoms with Gasteiger partial charge in [-0.25, -0.2) is 0 Å². The molecule has 3 N–H and O–H groups in total. The number of rotatable bonds is 6. The Kier molecular flexibility index (Phi) is 7.85. The average molecular weight is 481 g/mol. The van der Waals surface area contributed by atoms with Crippen molar-refractivity contribution in [3.05, 3.63) is 105 Å². The van der Waals surface area contributed by atoms with Crippen LogP contribution in [-0.4, -0.2) is 21.9 Å². The lowest BCUT2D eigenvalue weighted by Crippen LogP contribution is -2.32. The van der Waals surface area contributed by atoms with Gasteiger partial charge >= 0.3 is 0 Å². The Morgan fingerprint density at radius 2 is 1.64 bits per heavy atom. The Hall–Kier alpha value is -4.08. The summed E-state index contributed by atoms with van der Waals surface area (Å²) in [6.07, 6.45) is 2.66. The summed E-state index contributed by atoms with van der Waals surface area (Å²) in [5, 5.41) is 19.3. The molecule has 0 aromatic heterocycles.